The molecule has 1 fully saturated rings. The highest BCUT2D eigenvalue weighted by molar-refractivity contribution is 9.10. The van der Waals surface area contributed by atoms with Crippen LogP contribution < -0.4 is 0 Å². The first-order valence-electron chi connectivity index (χ1n) is 8.49. The lowest BCUT2D eigenvalue weighted by Gasteiger charge is -2.22. The fourth-order valence-corrected chi connectivity index (χ4v) is 5.49. The van der Waals surface area contributed by atoms with Crippen molar-refractivity contribution in [2.45, 2.75) is 64.4 Å². The molecule has 0 atom stereocenters. The Morgan fingerprint density at radius 2 is 1.92 bits per heavy atom. The van der Waals surface area contributed by atoms with E-state index in [0.29, 0.717) is 16.0 Å². The van der Waals surface area contributed by atoms with Crippen LogP contribution in [-0.2, 0) is 4.74 Å². The maximum absolute atomic E-state index is 12.7. The van der Waals surface area contributed by atoms with Gasteiger partial charge >= 0.3 is 12.1 Å². The molecule has 0 aromatic carbocycles. The zero-order valence-corrected chi connectivity index (χ0v) is 17.0. The molecule has 0 bridgehead atoms. The minimum absolute atomic E-state index is 0.242. The molecule has 0 aliphatic heterocycles. The molecule has 0 radical (unpaired) electrons. The van der Waals surface area contributed by atoms with E-state index < -0.39 is 17.7 Å². The van der Waals surface area contributed by atoms with Gasteiger partial charge in [-0.05, 0) is 61.5 Å². The molecular formula is C18H22BrNO4S. The Balaban J connectivity index is 2.16. The van der Waals surface area contributed by atoms with E-state index in [9.17, 15) is 14.7 Å². The minimum atomic E-state index is -0.970. The topological polar surface area (TPSA) is 68.5 Å². The molecule has 7 heteroatoms. The summed E-state index contributed by atoms with van der Waals surface area (Å²) in [6.45, 7) is 5.45. The summed E-state index contributed by atoms with van der Waals surface area (Å²) in [5.74, 6) is -0.628. The predicted molar refractivity (Wildman–Crippen MR) is 102 cm³/mol. The van der Waals surface area contributed by atoms with Crippen molar-refractivity contribution in [1.29, 1.82) is 0 Å². The van der Waals surface area contributed by atoms with Crippen LogP contribution in [0.15, 0.2) is 10.7 Å². The maximum atomic E-state index is 12.7. The largest absolute Gasteiger partial charge is 0.477 e. The second-order valence-electron chi connectivity index (χ2n) is 7.49. The highest BCUT2D eigenvalue weighted by atomic mass is 79.9. The van der Waals surface area contributed by atoms with Crippen molar-refractivity contribution in [1.82, 2.24) is 4.57 Å². The van der Waals surface area contributed by atoms with Gasteiger partial charge in [-0.3, -0.25) is 0 Å². The quantitative estimate of drug-likeness (QED) is 0.638. The molecule has 1 saturated carbocycles. The standard InChI is InChI=1S/C18H22BrNO4S/c1-18(2,3)24-17(23)20-11-9-12(16(21)22)25-14(11)13(15(20)19)10-7-5-4-6-8-10/h9-10H,4-8H2,1-3H3,(H,21,22). The van der Waals surface area contributed by atoms with Crippen LogP contribution in [0.1, 0.15) is 74.0 Å². The number of rotatable bonds is 2. The van der Waals surface area contributed by atoms with Crippen molar-refractivity contribution in [3.63, 3.8) is 0 Å². The van der Waals surface area contributed by atoms with Gasteiger partial charge in [0, 0.05) is 5.56 Å². The van der Waals surface area contributed by atoms with E-state index in [2.05, 4.69) is 15.9 Å². The molecular weight excluding hydrogens is 406 g/mol. The van der Waals surface area contributed by atoms with Crippen molar-refractivity contribution in [2.75, 3.05) is 0 Å². The van der Waals surface area contributed by atoms with E-state index in [-0.39, 0.29) is 4.88 Å². The Morgan fingerprint density at radius 1 is 1.28 bits per heavy atom. The molecule has 25 heavy (non-hydrogen) atoms. The smallest absolute Gasteiger partial charge is 0.419 e. The number of carboxylic acids is 1. The lowest BCUT2D eigenvalue weighted by atomic mass is 9.85. The second kappa shape index (κ2) is 6.76. The summed E-state index contributed by atoms with van der Waals surface area (Å²) in [6.07, 6.45) is 5.19. The van der Waals surface area contributed by atoms with Crippen molar-refractivity contribution in [3.05, 3.63) is 21.1 Å². The molecule has 0 saturated heterocycles. The molecule has 2 aromatic rings. The van der Waals surface area contributed by atoms with Crippen molar-refractivity contribution >= 4 is 49.5 Å². The zero-order chi connectivity index (χ0) is 18.4. The van der Waals surface area contributed by atoms with E-state index in [1.807, 2.05) is 20.8 Å². The third kappa shape index (κ3) is 3.62. The van der Waals surface area contributed by atoms with Crippen LogP contribution >= 0.6 is 27.3 Å². The maximum Gasteiger partial charge on any atom is 0.419 e. The number of fused-ring (bicyclic) bond motifs is 1. The van der Waals surface area contributed by atoms with Gasteiger partial charge in [-0.15, -0.1) is 11.3 Å². The summed E-state index contributed by atoms with van der Waals surface area (Å²) in [6, 6.07) is 1.57. The Morgan fingerprint density at radius 3 is 2.48 bits per heavy atom. The van der Waals surface area contributed by atoms with Gasteiger partial charge in [-0.2, -0.15) is 0 Å². The second-order valence-corrected chi connectivity index (χ2v) is 9.29. The van der Waals surface area contributed by atoms with E-state index >= 15 is 0 Å². The van der Waals surface area contributed by atoms with Crippen molar-refractivity contribution in [2.24, 2.45) is 0 Å². The van der Waals surface area contributed by atoms with Gasteiger partial charge in [0.15, 0.2) is 0 Å². The lowest BCUT2D eigenvalue weighted by molar-refractivity contribution is 0.0539. The van der Waals surface area contributed by atoms with Crippen LogP contribution in [0, 0.1) is 0 Å². The van der Waals surface area contributed by atoms with E-state index in [1.165, 1.54) is 22.3 Å². The van der Waals surface area contributed by atoms with Gasteiger partial charge in [-0.1, -0.05) is 19.3 Å². The fourth-order valence-electron chi connectivity index (χ4n) is 3.40. The summed E-state index contributed by atoms with van der Waals surface area (Å²) in [7, 11) is 0. The third-order valence-corrected chi connectivity index (χ3v) is 6.34. The molecule has 136 valence electrons. The Bertz CT molecular complexity index is 824. The van der Waals surface area contributed by atoms with Gasteiger partial charge in [0.25, 0.3) is 0 Å². The first-order chi connectivity index (χ1) is 11.7. The number of nitrogens with zero attached hydrogens (tertiary/aromatic N) is 1. The first kappa shape index (κ1) is 18.5. The molecule has 0 unspecified atom stereocenters. The number of carbonyl (C=O) groups is 2. The van der Waals surface area contributed by atoms with Crippen molar-refractivity contribution in [3.8, 4) is 0 Å². The Kier molecular flexibility index (Phi) is 4.99. The van der Waals surface area contributed by atoms with E-state index in [0.717, 1.165) is 35.9 Å². The van der Waals surface area contributed by atoms with Gasteiger partial charge in [0.05, 0.1) is 10.2 Å². The number of hydrogen-bond donors (Lipinski definition) is 1. The monoisotopic (exact) mass is 427 g/mol. The lowest BCUT2D eigenvalue weighted by Crippen LogP contribution is -2.27. The predicted octanol–water partition coefficient (Wildman–Crippen LogP) is 5.99. The first-order valence-corrected chi connectivity index (χ1v) is 10.1. The average molecular weight is 428 g/mol. The molecule has 2 heterocycles. The molecule has 1 aliphatic carbocycles. The van der Waals surface area contributed by atoms with E-state index in [1.54, 1.807) is 6.07 Å². The van der Waals surface area contributed by atoms with Gasteiger partial charge < -0.3 is 9.84 Å². The molecule has 3 rings (SSSR count). The third-order valence-electron chi connectivity index (χ3n) is 4.42. The van der Waals surface area contributed by atoms with Crippen molar-refractivity contribution < 1.29 is 19.4 Å². The summed E-state index contributed by atoms with van der Waals surface area (Å²) >= 11 is 4.84. The van der Waals surface area contributed by atoms with Gasteiger partial charge in [0.2, 0.25) is 0 Å². The van der Waals surface area contributed by atoms with Gasteiger partial charge in [-0.25, -0.2) is 14.2 Å². The molecule has 1 aliphatic rings. The van der Waals surface area contributed by atoms with Gasteiger partial charge in [0.1, 0.15) is 15.1 Å². The number of carbonyl (C=O) groups excluding carboxylic acids is 1. The summed E-state index contributed by atoms with van der Waals surface area (Å²) in [4.78, 5) is 24.4. The molecule has 0 amide bonds. The number of ether oxygens (including phenoxy) is 1. The Labute approximate surface area is 159 Å². The van der Waals surface area contributed by atoms with Crippen LogP contribution in [0.25, 0.3) is 10.2 Å². The number of halogens is 1. The molecule has 0 spiro atoms. The zero-order valence-electron chi connectivity index (χ0n) is 14.6. The highest BCUT2D eigenvalue weighted by Crippen LogP contribution is 2.45. The van der Waals surface area contributed by atoms with Crippen LogP contribution in [0.2, 0.25) is 0 Å². The Hall–Kier alpha value is -1.34. The summed E-state index contributed by atoms with van der Waals surface area (Å²) in [5.41, 5.74) is 1.05. The van der Waals surface area contributed by atoms with E-state index in [4.69, 9.17) is 4.74 Å². The summed E-state index contributed by atoms with van der Waals surface area (Å²) < 4.78 is 8.59. The van der Waals surface area contributed by atoms with Crippen LogP contribution in [0.5, 0.6) is 0 Å². The molecule has 2 aromatic heterocycles. The molecule has 1 N–H and O–H groups in total. The number of carboxylic acid groups (broad SMARTS) is 1. The number of thiophene rings is 1. The average Bonchev–Trinajstić information content (AvgIpc) is 3.02. The summed E-state index contributed by atoms with van der Waals surface area (Å²) in [5, 5.41) is 9.36. The number of aromatic carboxylic acids is 1. The molecule has 5 nitrogen and oxygen atoms in total. The highest BCUT2D eigenvalue weighted by Gasteiger charge is 2.31. The van der Waals surface area contributed by atoms with Crippen LogP contribution in [0.4, 0.5) is 4.79 Å². The van der Waals surface area contributed by atoms with Crippen LogP contribution in [-0.4, -0.2) is 27.3 Å². The number of hydrogen-bond acceptors (Lipinski definition) is 4. The number of aromatic nitrogens is 1. The van der Waals surface area contributed by atoms with Crippen LogP contribution in [0.3, 0.4) is 0 Å². The minimum Gasteiger partial charge on any atom is -0.477 e. The normalized spacial score (nSPS) is 16.3. The SMILES string of the molecule is CC(C)(C)OC(=O)n1c(Br)c(C2CCCCC2)c2sc(C(=O)O)cc21. The fraction of sp³-hybridized carbons (Fsp3) is 0.556.